The van der Waals surface area contributed by atoms with Gasteiger partial charge in [0.15, 0.2) is 9.84 Å². The van der Waals surface area contributed by atoms with Gasteiger partial charge in [0.2, 0.25) is 0 Å². The van der Waals surface area contributed by atoms with Gasteiger partial charge in [-0.15, -0.1) is 0 Å². The highest BCUT2D eigenvalue weighted by Crippen LogP contribution is 2.29. The molecule has 7 heteroatoms. The SMILES string of the molecule is CC(C)(CNC(=O)c1ccc(S(=O)(=O)C2CCCC2)cc1)C(=O)O. The average Bonchev–Trinajstić information content (AvgIpc) is 3.08. The second-order valence-corrected chi connectivity index (χ2v) is 9.08. The molecule has 1 saturated carbocycles. The van der Waals surface area contributed by atoms with Crippen molar-refractivity contribution in [3.8, 4) is 0 Å². The normalized spacial score (nSPS) is 16.1. The Morgan fingerprint density at radius 2 is 1.71 bits per heavy atom. The van der Waals surface area contributed by atoms with Crippen molar-refractivity contribution in [2.24, 2.45) is 5.41 Å². The van der Waals surface area contributed by atoms with E-state index in [4.69, 9.17) is 5.11 Å². The average molecular weight is 353 g/mol. The third kappa shape index (κ3) is 3.95. The van der Waals surface area contributed by atoms with Gasteiger partial charge in [-0.05, 0) is 51.0 Å². The van der Waals surface area contributed by atoms with Crippen molar-refractivity contribution in [3.63, 3.8) is 0 Å². The van der Waals surface area contributed by atoms with Crippen molar-refractivity contribution in [2.45, 2.75) is 49.7 Å². The van der Waals surface area contributed by atoms with Crippen molar-refractivity contribution in [1.82, 2.24) is 5.32 Å². The molecule has 2 rings (SSSR count). The Kier molecular flexibility index (Phi) is 5.32. The zero-order valence-corrected chi connectivity index (χ0v) is 14.7. The van der Waals surface area contributed by atoms with E-state index in [0.717, 1.165) is 12.8 Å². The highest BCUT2D eigenvalue weighted by atomic mass is 32.2. The first kappa shape index (κ1) is 18.4. The lowest BCUT2D eigenvalue weighted by Crippen LogP contribution is -2.38. The van der Waals surface area contributed by atoms with E-state index in [9.17, 15) is 18.0 Å². The van der Waals surface area contributed by atoms with E-state index in [2.05, 4.69) is 5.32 Å². The number of aliphatic carboxylic acids is 1. The van der Waals surface area contributed by atoms with Gasteiger partial charge in [-0.3, -0.25) is 9.59 Å². The quantitative estimate of drug-likeness (QED) is 0.817. The van der Waals surface area contributed by atoms with E-state index in [1.807, 2.05) is 0 Å². The van der Waals surface area contributed by atoms with Crippen LogP contribution >= 0.6 is 0 Å². The van der Waals surface area contributed by atoms with Crippen LogP contribution in [0.25, 0.3) is 0 Å². The van der Waals surface area contributed by atoms with Gasteiger partial charge in [0.05, 0.1) is 15.6 Å². The number of benzene rings is 1. The van der Waals surface area contributed by atoms with Gasteiger partial charge in [0.25, 0.3) is 5.91 Å². The number of rotatable bonds is 6. The third-order valence-electron chi connectivity index (χ3n) is 4.46. The second kappa shape index (κ2) is 6.93. The number of carboxylic acid groups (broad SMARTS) is 1. The number of hydrogen-bond donors (Lipinski definition) is 2. The summed E-state index contributed by atoms with van der Waals surface area (Å²) in [7, 11) is -3.34. The highest BCUT2D eigenvalue weighted by Gasteiger charge is 2.30. The van der Waals surface area contributed by atoms with E-state index in [0.29, 0.717) is 18.4 Å². The van der Waals surface area contributed by atoms with Gasteiger partial charge in [-0.1, -0.05) is 12.8 Å². The minimum atomic E-state index is -3.34. The van der Waals surface area contributed by atoms with E-state index in [1.54, 1.807) is 0 Å². The Hall–Kier alpha value is -1.89. The molecule has 132 valence electrons. The van der Waals surface area contributed by atoms with E-state index in [1.165, 1.54) is 38.1 Å². The molecule has 1 aromatic carbocycles. The molecule has 0 spiro atoms. The Balaban J connectivity index is 2.06. The van der Waals surface area contributed by atoms with Crippen LogP contribution in [0.3, 0.4) is 0 Å². The third-order valence-corrected chi connectivity index (χ3v) is 6.73. The Bertz CT molecular complexity index is 716. The van der Waals surface area contributed by atoms with Gasteiger partial charge >= 0.3 is 5.97 Å². The Labute approximate surface area is 142 Å². The van der Waals surface area contributed by atoms with Gasteiger partial charge in [-0.25, -0.2) is 8.42 Å². The van der Waals surface area contributed by atoms with Gasteiger partial charge < -0.3 is 10.4 Å². The smallest absolute Gasteiger partial charge is 0.310 e. The molecule has 2 N–H and O–H groups in total. The predicted molar refractivity (Wildman–Crippen MR) is 89.6 cm³/mol. The molecular formula is C17H23NO5S. The van der Waals surface area contributed by atoms with Gasteiger partial charge in [0.1, 0.15) is 0 Å². The minimum absolute atomic E-state index is 0.0106. The predicted octanol–water partition coefficient (Wildman–Crippen LogP) is 2.24. The van der Waals surface area contributed by atoms with Crippen LogP contribution in [-0.4, -0.2) is 37.2 Å². The maximum Gasteiger partial charge on any atom is 0.310 e. The van der Waals surface area contributed by atoms with Crippen LogP contribution in [0.1, 0.15) is 49.9 Å². The lowest BCUT2D eigenvalue weighted by Gasteiger charge is -2.19. The zero-order valence-electron chi connectivity index (χ0n) is 13.9. The molecule has 0 aliphatic heterocycles. The zero-order chi connectivity index (χ0) is 18.0. The molecule has 0 heterocycles. The van der Waals surface area contributed by atoms with Crippen LogP contribution in [-0.2, 0) is 14.6 Å². The van der Waals surface area contributed by atoms with E-state index >= 15 is 0 Å². The Morgan fingerprint density at radius 1 is 1.17 bits per heavy atom. The molecule has 1 aliphatic carbocycles. The fraction of sp³-hybridized carbons (Fsp3) is 0.529. The fourth-order valence-electron chi connectivity index (χ4n) is 2.67. The summed E-state index contributed by atoms with van der Waals surface area (Å²) >= 11 is 0. The molecule has 0 unspecified atom stereocenters. The first-order valence-electron chi connectivity index (χ1n) is 8.00. The first-order chi connectivity index (χ1) is 11.1. The number of carbonyl (C=O) groups is 2. The van der Waals surface area contributed by atoms with Crippen molar-refractivity contribution in [1.29, 1.82) is 0 Å². The number of sulfone groups is 1. The highest BCUT2D eigenvalue weighted by molar-refractivity contribution is 7.92. The summed E-state index contributed by atoms with van der Waals surface area (Å²) in [4.78, 5) is 23.3. The Morgan fingerprint density at radius 3 is 2.21 bits per heavy atom. The second-order valence-electron chi connectivity index (χ2n) is 6.85. The summed E-state index contributed by atoms with van der Waals surface area (Å²) in [5, 5.41) is 11.3. The van der Waals surface area contributed by atoms with E-state index in [-0.39, 0.29) is 16.7 Å². The fourth-order valence-corrected chi connectivity index (χ4v) is 4.52. The molecule has 1 aromatic rings. The van der Waals surface area contributed by atoms with Crippen molar-refractivity contribution in [3.05, 3.63) is 29.8 Å². The number of carboxylic acids is 1. The summed E-state index contributed by atoms with van der Waals surface area (Å²) in [6.07, 6.45) is 3.25. The summed E-state index contributed by atoms with van der Waals surface area (Å²) in [5.74, 6) is -1.42. The van der Waals surface area contributed by atoms with Crippen molar-refractivity contribution < 1.29 is 23.1 Å². The minimum Gasteiger partial charge on any atom is -0.481 e. The standard InChI is InChI=1S/C17H23NO5S/c1-17(2,16(20)21)11-18-15(19)12-7-9-14(10-8-12)24(22,23)13-5-3-4-6-13/h7-10,13H,3-6,11H2,1-2H3,(H,18,19)(H,20,21). The number of hydrogen-bond acceptors (Lipinski definition) is 4. The summed E-state index contributed by atoms with van der Waals surface area (Å²) in [6.45, 7) is 3.03. The summed E-state index contributed by atoms with van der Waals surface area (Å²) < 4.78 is 25.0. The summed E-state index contributed by atoms with van der Waals surface area (Å²) in [5.41, 5.74) is -0.761. The molecule has 0 atom stereocenters. The molecule has 0 aromatic heterocycles. The molecule has 0 saturated heterocycles. The monoisotopic (exact) mass is 353 g/mol. The summed E-state index contributed by atoms with van der Waals surface area (Å²) in [6, 6.07) is 5.83. The van der Waals surface area contributed by atoms with Crippen LogP contribution in [0.2, 0.25) is 0 Å². The van der Waals surface area contributed by atoms with Crippen LogP contribution in [0.4, 0.5) is 0 Å². The molecule has 1 amide bonds. The maximum atomic E-state index is 12.5. The lowest BCUT2D eigenvalue weighted by atomic mass is 9.94. The molecule has 1 aliphatic rings. The molecule has 6 nitrogen and oxygen atoms in total. The van der Waals surface area contributed by atoms with Crippen molar-refractivity contribution >= 4 is 21.7 Å². The largest absolute Gasteiger partial charge is 0.481 e. The number of nitrogens with one attached hydrogen (secondary N) is 1. The van der Waals surface area contributed by atoms with Crippen LogP contribution < -0.4 is 5.32 Å². The van der Waals surface area contributed by atoms with Gasteiger partial charge in [-0.2, -0.15) is 0 Å². The van der Waals surface area contributed by atoms with E-state index < -0.39 is 27.1 Å². The molecule has 24 heavy (non-hydrogen) atoms. The van der Waals surface area contributed by atoms with Crippen LogP contribution in [0, 0.1) is 5.41 Å². The molecular weight excluding hydrogens is 330 g/mol. The first-order valence-corrected chi connectivity index (χ1v) is 9.55. The molecule has 1 fully saturated rings. The number of carbonyl (C=O) groups excluding carboxylic acids is 1. The lowest BCUT2D eigenvalue weighted by molar-refractivity contribution is -0.146. The molecule has 0 bridgehead atoms. The van der Waals surface area contributed by atoms with Crippen LogP contribution in [0.5, 0.6) is 0 Å². The maximum absolute atomic E-state index is 12.5. The number of amides is 1. The van der Waals surface area contributed by atoms with Crippen molar-refractivity contribution in [2.75, 3.05) is 6.54 Å². The molecule has 0 radical (unpaired) electrons. The topological polar surface area (TPSA) is 101 Å². The van der Waals surface area contributed by atoms with Gasteiger partial charge in [0, 0.05) is 12.1 Å². The van der Waals surface area contributed by atoms with Crippen LogP contribution in [0.15, 0.2) is 29.2 Å².